The van der Waals surface area contributed by atoms with Gasteiger partial charge in [0.05, 0.1) is 0 Å². The summed E-state index contributed by atoms with van der Waals surface area (Å²) in [6.07, 6.45) is 10.9. The molecule has 0 saturated heterocycles. The lowest BCUT2D eigenvalue weighted by Crippen LogP contribution is -1.93. The molecule has 0 saturated carbocycles. The van der Waals surface area contributed by atoms with E-state index in [9.17, 15) is 4.79 Å². The summed E-state index contributed by atoms with van der Waals surface area (Å²) < 4.78 is 0. The van der Waals surface area contributed by atoms with Crippen molar-refractivity contribution in [1.29, 1.82) is 0 Å². The van der Waals surface area contributed by atoms with E-state index in [0.717, 1.165) is 12.8 Å². The fourth-order valence-electron chi connectivity index (χ4n) is 1.98. The molecular formula is C11H14O. The molecule has 2 aliphatic carbocycles. The van der Waals surface area contributed by atoms with Crippen LogP contribution in [0, 0.1) is 0 Å². The Balaban J connectivity index is 2.13. The van der Waals surface area contributed by atoms with Gasteiger partial charge < -0.3 is 0 Å². The molecule has 0 N–H and O–H groups in total. The smallest absolute Gasteiger partial charge is 0.156 e. The number of allylic oxidation sites excluding steroid dienone is 4. The molecular weight excluding hydrogens is 148 g/mol. The highest BCUT2D eigenvalue weighted by molar-refractivity contribution is 5.93. The van der Waals surface area contributed by atoms with E-state index in [2.05, 4.69) is 6.08 Å². The molecule has 64 valence electrons. The predicted octanol–water partition coefficient (Wildman–Crippen LogP) is 2.78. The molecule has 0 aliphatic heterocycles. The number of rotatable bonds is 1. The molecule has 0 aromatic carbocycles. The normalized spacial score (nSPS) is 23.8. The van der Waals surface area contributed by atoms with Crippen molar-refractivity contribution >= 4 is 5.78 Å². The van der Waals surface area contributed by atoms with E-state index in [1.807, 2.05) is 6.08 Å². The van der Waals surface area contributed by atoms with Gasteiger partial charge in [-0.25, -0.2) is 0 Å². The summed E-state index contributed by atoms with van der Waals surface area (Å²) in [6, 6.07) is 0. The first kappa shape index (κ1) is 7.78. The molecule has 2 rings (SSSR count). The molecule has 1 nitrogen and oxygen atoms in total. The highest BCUT2D eigenvalue weighted by Gasteiger charge is 2.16. The Hall–Kier alpha value is -0.850. The molecule has 0 aromatic rings. The van der Waals surface area contributed by atoms with Gasteiger partial charge in [0.15, 0.2) is 5.78 Å². The zero-order valence-electron chi connectivity index (χ0n) is 7.31. The number of carbonyl (C=O) groups is 1. The van der Waals surface area contributed by atoms with E-state index in [-0.39, 0.29) is 0 Å². The molecule has 12 heavy (non-hydrogen) atoms. The van der Waals surface area contributed by atoms with Crippen LogP contribution in [0.3, 0.4) is 0 Å². The van der Waals surface area contributed by atoms with E-state index in [1.54, 1.807) is 0 Å². The molecule has 0 spiro atoms. The third kappa shape index (κ3) is 1.50. The van der Waals surface area contributed by atoms with Crippen LogP contribution in [0.2, 0.25) is 0 Å². The van der Waals surface area contributed by atoms with Gasteiger partial charge in [-0.05, 0) is 49.3 Å². The van der Waals surface area contributed by atoms with Crippen molar-refractivity contribution < 1.29 is 4.79 Å². The SMILES string of the molecule is O=C1C=C(C2=CCCCC2)CC1. The summed E-state index contributed by atoms with van der Waals surface area (Å²) in [5.41, 5.74) is 2.77. The van der Waals surface area contributed by atoms with Crippen molar-refractivity contribution in [1.82, 2.24) is 0 Å². The van der Waals surface area contributed by atoms with Crippen molar-refractivity contribution in [2.24, 2.45) is 0 Å². The van der Waals surface area contributed by atoms with E-state index in [1.165, 1.54) is 36.8 Å². The summed E-state index contributed by atoms with van der Waals surface area (Å²) in [6.45, 7) is 0. The predicted molar refractivity (Wildman–Crippen MR) is 48.9 cm³/mol. The van der Waals surface area contributed by atoms with Gasteiger partial charge in [0.2, 0.25) is 0 Å². The molecule has 0 amide bonds. The van der Waals surface area contributed by atoms with E-state index in [0.29, 0.717) is 5.78 Å². The standard InChI is InChI=1S/C11H14O/c12-11-7-6-10(8-11)9-4-2-1-3-5-9/h4,8H,1-3,5-7H2. The average molecular weight is 162 g/mol. The lowest BCUT2D eigenvalue weighted by atomic mass is 9.93. The van der Waals surface area contributed by atoms with Gasteiger partial charge >= 0.3 is 0 Å². The van der Waals surface area contributed by atoms with Crippen LogP contribution in [-0.4, -0.2) is 5.78 Å². The van der Waals surface area contributed by atoms with Gasteiger partial charge in [-0.2, -0.15) is 0 Å². The Morgan fingerprint density at radius 1 is 1.00 bits per heavy atom. The Labute approximate surface area is 73.2 Å². The molecule has 2 aliphatic rings. The first-order valence-corrected chi connectivity index (χ1v) is 4.79. The van der Waals surface area contributed by atoms with Gasteiger partial charge in [0.1, 0.15) is 0 Å². The summed E-state index contributed by atoms with van der Waals surface area (Å²) in [5, 5.41) is 0. The lowest BCUT2D eigenvalue weighted by Gasteiger charge is -2.12. The molecule has 0 unspecified atom stereocenters. The Morgan fingerprint density at radius 3 is 2.50 bits per heavy atom. The molecule has 1 heteroatoms. The average Bonchev–Trinajstić information content (AvgIpc) is 2.54. The number of hydrogen-bond acceptors (Lipinski definition) is 1. The first-order valence-electron chi connectivity index (χ1n) is 4.79. The summed E-state index contributed by atoms with van der Waals surface area (Å²) >= 11 is 0. The second kappa shape index (κ2) is 3.26. The lowest BCUT2D eigenvalue weighted by molar-refractivity contribution is -0.114. The van der Waals surface area contributed by atoms with Gasteiger partial charge in [0, 0.05) is 6.42 Å². The third-order valence-corrected chi connectivity index (χ3v) is 2.68. The van der Waals surface area contributed by atoms with Crippen LogP contribution in [0.4, 0.5) is 0 Å². The van der Waals surface area contributed by atoms with Crippen LogP contribution in [0.5, 0.6) is 0 Å². The van der Waals surface area contributed by atoms with Crippen molar-refractivity contribution in [3.8, 4) is 0 Å². The van der Waals surface area contributed by atoms with E-state index >= 15 is 0 Å². The second-order valence-electron chi connectivity index (χ2n) is 3.61. The van der Waals surface area contributed by atoms with Crippen LogP contribution < -0.4 is 0 Å². The minimum absolute atomic E-state index is 0.316. The Kier molecular flexibility index (Phi) is 2.11. The minimum Gasteiger partial charge on any atom is -0.295 e. The van der Waals surface area contributed by atoms with Crippen LogP contribution in [0.25, 0.3) is 0 Å². The van der Waals surface area contributed by atoms with Crippen molar-refractivity contribution in [3.63, 3.8) is 0 Å². The van der Waals surface area contributed by atoms with Crippen molar-refractivity contribution in [3.05, 3.63) is 23.3 Å². The maximum absolute atomic E-state index is 11.0. The van der Waals surface area contributed by atoms with Crippen LogP contribution in [0.15, 0.2) is 23.3 Å². The zero-order chi connectivity index (χ0) is 8.39. The topological polar surface area (TPSA) is 17.1 Å². The maximum atomic E-state index is 11.0. The maximum Gasteiger partial charge on any atom is 0.156 e. The fourth-order valence-corrected chi connectivity index (χ4v) is 1.98. The van der Waals surface area contributed by atoms with E-state index < -0.39 is 0 Å². The van der Waals surface area contributed by atoms with E-state index in [4.69, 9.17) is 0 Å². The number of carbonyl (C=O) groups excluding carboxylic acids is 1. The second-order valence-corrected chi connectivity index (χ2v) is 3.61. The van der Waals surface area contributed by atoms with Gasteiger partial charge in [-0.3, -0.25) is 4.79 Å². The highest BCUT2D eigenvalue weighted by Crippen LogP contribution is 2.29. The summed E-state index contributed by atoms with van der Waals surface area (Å²) in [4.78, 5) is 11.0. The van der Waals surface area contributed by atoms with Gasteiger partial charge in [-0.15, -0.1) is 0 Å². The molecule has 0 radical (unpaired) electrons. The monoisotopic (exact) mass is 162 g/mol. The fraction of sp³-hybridized carbons (Fsp3) is 0.545. The van der Waals surface area contributed by atoms with Gasteiger partial charge in [0.25, 0.3) is 0 Å². The molecule has 0 heterocycles. The first-order chi connectivity index (χ1) is 5.86. The minimum atomic E-state index is 0.316. The Bertz CT molecular complexity index is 258. The highest BCUT2D eigenvalue weighted by atomic mass is 16.1. The van der Waals surface area contributed by atoms with Crippen LogP contribution >= 0.6 is 0 Å². The third-order valence-electron chi connectivity index (χ3n) is 2.68. The molecule has 0 fully saturated rings. The molecule has 0 bridgehead atoms. The van der Waals surface area contributed by atoms with Crippen molar-refractivity contribution in [2.45, 2.75) is 38.5 Å². The number of hydrogen-bond donors (Lipinski definition) is 0. The van der Waals surface area contributed by atoms with Crippen molar-refractivity contribution in [2.75, 3.05) is 0 Å². The molecule has 0 aromatic heterocycles. The quantitative estimate of drug-likeness (QED) is 0.579. The Morgan fingerprint density at radius 2 is 1.92 bits per heavy atom. The zero-order valence-corrected chi connectivity index (χ0v) is 7.31. The number of ketones is 1. The van der Waals surface area contributed by atoms with Crippen LogP contribution in [0.1, 0.15) is 38.5 Å². The largest absolute Gasteiger partial charge is 0.295 e. The summed E-state index contributed by atoms with van der Waals surface area (Å²) in [5.74, 6) is 0.316. The van der Waals surface area contributed by atoms with Crippen LogP contribution in [-0.2, 0) is 4.79 Å². The van der Waals surface area contributed by atoms with Gasteiger partial charge in [-0.1, -0.05) is 6.08 Å². The molecule has 0 atom stereocenters. The summed E-state index contributed by atoms with van der Waals surface area (Å²) in [7, 11) is 0.